The number of hydrogen-bond acceptors (Lipinski definition) is 6. The first kappa shape index (κ1) is 17.5. The van der Waals surface area contributed by atoms with Gasteiger partial charge in [-0.05, 0) is 12.8 Å². The standard InChI is InChI=1S/C11H16O7.H2O/c12-5-8(13)11(17)18-10(16)7-4-2-1-3-6(7)9(14)15;/h6-8,12-13H,1-5H2,(H,14,15);1H2. The molecule has 0 heterocycles. The first-order chi connectivity index (χ1) is 8.47. The first-order valence-corrected chi connectivity index (χ1v) is 5.74. The molecule has 0 radical (unpaired) electrons. The average Bonchev–Trinajstić information content (AvgIpc) is 2.37. The van der Waals surface area contributed by atoms with Gasteiger partial charge in [-0.3, -0.25) is 9.59 Å². The van der Waals surface area contributed by atoms with E-state index < -0.39 is 42.5 Å². The normalized spacial score (nSPS) is 23.9. The second-order valence-electron chi connectivity index (χ2n) is 4.27. The number of aliphatic hydroxyl groups is 2. The highest BCUT2D eigenvalue weighted by molar-refractivity contribution is 5.91. The summed E-state index contributed by atoms with van der Waals surface area (Å²) in [5, 5.41) is 26.4. The Morgan fingerprint density at radius 1 is 1.16 bits per heavy atom. The van der Waals surface area contributed by atoms with E-state index in [4.69, 9.17) is 15.3 Å². The Morgan fingerprint density at radius 3 is 2.16 bits per heavy atom. The minimum absolute atomic E-state index is 0. The highest BCUT2D eigenvalue weighted by Crippen LogP contribution is 2.31. The van der Waals surface area contributed by atoms with Crippen molar-refractivity contribution >= 4 is 17.9 Å². The van der Waals surface area contributed by atoms with Crippen molar-refractivity contribution in [2.75, 3.05) is 6.61 Å². The lowest BCUT2D eigenvalue weighted by Crippen LogP contribution is -2.37. The van der Waals surface area contributed by atoms with Crippen LogP contribution in [-0.4, -0.2) is 51.4 Å². The second kappa shape index (κ2) is 7.82. The minimum Gasteiger partial charge on any atom is -0.481 e. The van der Waals surface area contributed by atoms with Crippen LogP contribution in [0.5, 0.6) is 0 Å². The summed E-state index contributed by atoms with van der Waals surface area (Å²) in [5.41, 5.74) is 0. The Morgan fingerprint density at radius 2 is 1.68 bits per heavy atom. The molecule has 3 unspecified atom stereocenters. The molecule has 3 atom stereocenters. The van der Waals surface area contributed by atoms with Crippen molar-refractivity contribution in [3.8, 4) is 0 Å². The number of carbonyl (C=O) groups is 3. The maximum absolute atomic E-state index is 11.6. The van der Waals surface area contributed by atoms with E-state index in [2.05, 4.69) is 4.74 Å². The van der Waals surface area contributed by atoms with Crippen LogP contribution in [0.15, 0.2) is 0 Å². The molecule has 0 aromatic rings. The largest absolute Gasteiger partial charge is 0.481 e. The number of ether oxygens (including phenoxy) is 1. The number of carboxylic acids is 1. The maximum Gasteiger partial charge on any atom is 0.345 e. The third kappa shape index (κ3) is 4.58. The average molecular weight is 278 g/mol. The summed E-state index contributed by atoms with van der Waals surface area (Å²) in [6.07, 6.45) is 0.346. The molecule has 110 valence electrons. The van der Waals surface area contributed by atoms with E-state index in [-0.39, 0.29) is 5.48 Å². The van der Waals surface area contributed by atoms with E-state index in [9.17, 15) is 14.4 Å². The van der Waals surface area contributed by atoms with Gasteiger partial charge in [0.1, 0.15) is 0 Å². The van der Waals surface area contributed by atoms with Crippen molar-refractivity contribution in [3.63, 3.8) is 0 Å². The molecule has 0 spiro atoms. The lowest BCUT2D eigenvalue weighted by Gasteiger charge is -2.26. The van der Waals surface area contributed by atoms with Gasteiger partial charge in [-0.2, -0.15) is 0 Å². The fourth-order valence-corrected chi connectivity index (χ4v) is 2.03. The Labute approximate surface area is 109 Å². The summed E-state index contributed by atoms with van der Waals surface area (Å²) in [4.78, 5) is 33.7. The van der Waals surface area contributed by atoms with Crippen molar-refractivity contribution in [3.05, 3.63) is 0 Å². The molecule has 0 amide bonds. The van der Waals surface area contributed by atoms with Crippen molar-refractivity contribution in [2.24, 2.45) is 11.8 Å². The highest BCUT2D eigenvalue weighted by Gasteiger charge is 2.38. The number of aliphatic carboxylic acids is 1. The Balaban J connectivity index is 0.00000324. The van der Waals surface area contributed by atoms with Gasteiger partial charge in [0.25, 0.3) is 0 Å². The number of carbonyl (C=O) groups excluding carboxylic acids is 2. The quantitative estimate of drug-likeness (QED) is 0.416. The van der Waals surface area contributed by atoms with Gasteiger partial charge in [-0.15, -0.1) is 0 Å². The number of esters is 2. The predicted octanol–water partition coefficient (Wildman–Crippen LogP) is -1.52. The molecule has 1 rings (SSSR count). The molecule has 1 saturated carbocycles. The van der Waals surface area contributed by atoms with Crippen molar-refractivity contribution in [2.45, 2.75) is 31.8 Å². The van der Waals surface area contributed by atoms with Crippen LogP contribution in [0.2, 0.25) is 0 Å². The Bertz CT molecular complexity index is 340. The van der Waals surface area contributed by atoms with Crippen LogP contribution in [-0.2, 0) is 19.1 Å². The van der Waals surface area contributed by atoms with Crippen molar-refractivity contribution in [1.82, 2.24) is 0 Å². The zero-order chi connectivity index (χ0) is 13.7. The lowest BCUT2D eigenvalue weighted by molar-refractivity contribution is -0.173. The molecule has 0 saturated heterocycles. The number of carboxylic acid groups (broad SMARTS) is 1. The molecular formula is C11H18O8. The van der Waals surface area contributed by atoms with Gasteiger partial charge in [0.15, 0.2) is 6.10 Å². The Hall–Kier alpha value is -1.51. The molecule has 0 aliphatic heterocycles. The highest BCUT2D eigenvalue weighted by atomic mass is 16.6. The summed E-state index contributed by atoms with van der Waals surface area (Å²) in [7, 11) is 0. The van der Waals surface area contributed by atoms with E-state index in [1.165, 1.54) is 0 Å². The zero-order valence-electron chi connectivity index (χ0n) is 10.2. The van der Waals surface area contributed by atoms with E-state index in [0.29, 0.717) is 25.7 Å². The van der Waals surface area contributed by atoms with E-state index in [1.54, 1.807) is 0 Å². The zero-order valence-corrected chi connectivity index (χ0v) is 10.2. The molecule has 0 bridgehead atoms. The molecule has 1 fully saturated rings. The van der Waals surface area contributed by atoms with Crippen LogP contribution in [0.3, 0.4) is 0 Å². The lowest BCUT2D eigenvalue weighted by atomic mass is 9.79. The van der Waals surface area contributed by atoms with Gasteiger partial charge in [-0.1, -0.05) is 12.8 Å². The molecular weight excluding hydrogens is 260 g/mol. The van der Waals surface area contributed by atoms with Crippen molar-refractivity contribution < 1.29 is 39.9 Å². The third-order valence-corrected chi connectivity index (χ3v) is 3.03. The van der Waals surface area contributed by atoms with Crippen LogP contribution in [0.25, 0.3) is 0 Å². The number of aliphatic hydroxyl groups excluding tert-OH is 2. The van der Waals surface area contributed by atoms with E-state index in [1.807, 2.05) is 0 Å². The first-order valence-electron chi connectivity index (χ1n) is 5.74. The monoisotopic (exact) mass is 278 g/mol. The topological polar surface area (TPSA) is 153 Å². The molecule has 1 aliphatic rings. The van der Waals surface area contributed by atoms with E-state index in [0.717, 1.165) is 0 Å². The predicted molar refractivity (Wildman–Crippen MR) is 60.9 cm³/mol. The summed E-state index contributed by atoms with van der Waals surface area (Å²) in [5.74, 6) is -5.01. The van der Waals surface area contributed by atoms with E-state index >= 15 is 0 Å². The molecule has 1 aliphatic carbocycles. The number of rotatable bonds is 4. The van der Waals surface area contributed by atoms with Gasteiger partial charge in [-0.25, -0.2) is 4.79 Å². The summed E-state index contributed by atoms with van der Waals surface area (Å²) < 4.78 is 4.37. The Kier molecular flexibility index (Phi) is 7.20. The summed E-state index contributed by atoms with van der Waals surface area (Å²) in [6.45, 7) is -0.848. The third-order valence-electron chi connectivity index (χ3n) is 3.03. The molecule has 8 heteroatoms. The van der Waals surface area contributed by atoms with Crippen LogP contribution < -0.4 is 0 Å². The molecule has 19 heavy (non-hydrogen) atoms. The van der Waals surface area contributed by atoms with Crippen LogP contribution in [0, 0.1) is 11.8 Å². The second-order valence-corrected chi connectivity index (χ2v) is 4.27. The van der Waals surface area contributed by atoms with Crippen LogP contribution in [0.1, 0.15) is 25.7 Å². The fraction of sp³-hybridized carbons (Fsp3) is 0.727. The molecule has 5 N–H and O–H groups in total. The fourth-order valence-electron chi connectivity index (χ4n) is 2.03. The van der Waals surface area contributed by atoms with Crippen LogP contribution in [0.4, 0.5) is 0 Å². The smallest absolute Gasteiger partial charge is 0.345 e. The molecule has 0 aromatic heterocycles. The van der Waals surface area contributed by atoms with Crippen molar-refractivity contribution in [1.29, 1.82) is 0 Å². The SMILES string of the molecule is O.O=C(OC(=O)C1CCCCC1C(=O)O)C(O)CO. The van der Waals surface area contributed by atoms with Gasteiger partial charge in [0.05, 0.1) is 18.4 Å². The number of hydrogen-bond donors (Lipinski definition) is 3. The summed E-state index contributed by atoms with van der Waals surface area (Å²) >= 11 is 0. The van der Waals surface area contributed by atoms with Gasteiger partial charge in [0.2, 0.25) is 0 Å². The maximum atomic E-state index is 11.6. The van der Waals surface area contributed by atoms with Gasteiger partial charge in [0, 0.05) is 0 Å². The molecule has 8 nitrogen and oxygen atoms in total. The van der Waals surface area contributed by atoms with Gasteiger partial charge >= 0.3 is 17.9 Å². The van der Waals surface area contributed by atoms with Crippen LogP contribution >= 0.6 is 0 Å². The van der Waals surface area contributed by atoms with Gasteiger partial charge < -0.3 is 25.5 Å². The minimum atomic E-state index is -1.78. The summed E-state index contributed by atoms with van der Waals surface area (Å²) in [6, 6.07) is 0. The molecule has 0 aromatic carbocycles.